The number of hydrogen-bond donors (Lipinski definition) is 0. The molecule has 0 aliphatic carbocycles. The van der Waals surface area contributed by atoms with E-state index in [0.717, 1.165) is 4.31 Å². The SMILES string of the molecule is C#CCOc1ccc(S(=O)(=O)N(C)C)cc1. The summed E-state index contributed by atoms with van der Waals surface area (Å²) in [5, 5.41) is 0. The minimum atomic E-state index is -3.38. The van der Waals surface area contributed by atoms with E-state index in [1.54, 1.807) is 12.1 Å². The molecule has 0 bridgehead atoms. The Bertz CT molecular complexity index is 483. The standard InChI is InChI=1S/C11H13NO3S/c1-4-9-15-10-5-7-11(8-6-10)16(13,14)12(2)3/h1,5-8H,9H2,2-3H3. The summed E-state index contributed by atoms with van der Waals surface area (Å²) in [6.45, 7) is 0.166. The van der Waals surface area contributed by atoms with Gasteiger partial charge < -0.3 is 4.74 Å². The second kappa shape index (κ2) is 5.01. The molecule has 1 rings (SSSR count). The van der Waals surface area contributed by atoms with Crippen LogP contribution in [-0.4, -0.2) is 33.4 Å². The highest BCUT2D eigenvalue weighted by Crippen LogP contribution is 2.17. The van der Waals surface area contributed by atoms with Crippen LogP contribution in [0.5, 0.6) is 5.75 Å². The van der Waals surface area contributed by atoms with Gasteiger partial charge in [0.25, 0.3) is 0 Å². The highest BCUT2D eigenvalue weighted by Gasteiger charge is 2.16. The number of hydrogen-bond acceptors (Lipinski definition) is 3. The Hall–Kier alpha value is -1.51. The largest absolute Gasteiger partial charge is 0.481 e. The molecule has 0 unspecified atom stereocenters. The van der Waals surface area contributed by atoms with E-state index in [2.05, 4.69) is 5.92 Å². The van der Waals surface area contributed by atoms with Gasteiger partial charge in [0.15, 0.2) is 0 Å². The first-order chi connectivity index (χ1) is 7.48. The lowest BCUT2D eigenvalue weighted by molar-refractivity contribution is 0.370. The lowest BCUT2D eigenvalue weighted by Crippen LogP contribution is -2.22. The van der Waals surface area contributed by atoms with Gasteiger partial charge in [-0.1, -0.05) is 5.92 Å². The van der Waals surface area contributed by atoms with Crippen LogP contribution < -0.4 is 4.74 Å². The molecule has 0 atom stereocenters. The first kappa shape index (κ1) is 12.6. The molecule has 0 aliphatic rings. The zero-order valence-corrected chi connectivity index (χ0v) is 9.99. The third-order valence-electron chi connectivity index (χ3n) is 1.92. The first-order valence-electron chi connectivity index (χ1n) is 4.57. The number of ether oxygens (including phenoxy) is 1. The number of benzene rings is 1. The fourth-order valence-corrected chi connectivity index (χ4v) is 1.95. The molecule has 4 nitrogen and oxygen atoms in total. The topological polar surface area (TPSA) is 46.6 Å². The average Bonchev–Trinajstić information content (AvgIpc) is 2.26. The highest BCUT2D eigenvalue weighted by molar-refractivity contribution is 7.89. The van der Waals surface area contributed by atoms with Gasteiger partial charge >= 0.3 is 0 Å². The van der Waals surface area contributed by atoms with Crippen LogP contribution in [-0.2, 0) is 10.0 Å². The average molecular weight is 239 g/mol. The summed E-state index contributed by atoms with van der Waals surface area (Å²) >= 11 is 0. The van der Waals surface area contributed by atoms with E-state index in [4.69, 9.17) is 11.2 Å². The van der Waals surface area contributed by atoms with Crippen molar-refractivity contribution >= 4 is 10.0 Å². The zero-order valence-electron chi connectivity index (χ0n) is 9.17. The summed E-state index contributed by atoms with van der Waals surface area (Å²) < 4.78 is 29.7. The third kappa shape index (κ3) is 2.75. The van der Waals surface area contributed by atoms with Gasteiger partial charge in [-0.2, -0.15) is 0 Å². The molecule has 0 N–H and O–H groups in total. The molecule has 0 saturated heterocycles. The van der Waals surface area contributed by atoms with Gasteiger partial charge in [0.2, 0.25) is 10.0 Å². The summed E-state index contributed by atoms with van der Waals surface area (Å²) in [6.07, 6.45) is 5.04. The predicted molar refractivity (Wildman–Crippen MR) is 61.6 cm³/mol. The molecule has 0 amide bonds. The maximum Gasteiger partial charge on any atom is 0.242 e. The van der Waals surface area contributed by atoms with Crippen molar-refractivity contribution in [2.75, 3.05) is 20.7 Å². The summed E-state index contributed by atoms with van der Waals surface area (Å²) in [7, 11) is -0.408. The lowest BCUT2D eigenvalue weighted by atomic mass is 10.3. The van der Waals surface area contributed by atoms with E-state index in [1.165, 1.54) is 26.2 Å². The fourth-order valence-electron chi connectivity index (χ4n) is 1.04. The molecule has 5 heteroatoms. The van der Waals surface area contributed by atoms with Crippen molar-refractivity contribution in [3.05, 3.63) is 24.3 Å². The van der Waals surface area contributed by atoms with Crippen molar-refractivity contribution in [2.45, 2.75) is 4.90 Å². The normalized spacial score (nSPS) is 11.1. The van der Waals surface area contributed by atoms with E-state index in [0.29, 0.717) is 5.75 Å². The van der Waals surface area contributed by atoms with Crippen molar-refractivity contribution in [1.29, 1.82) is 0 Å². The molecule has 1 aromatic carbocycles. The van der Waals surface area contributed by atoms with Crippen molar-refractivity contribution in [3.63, 3.8) is 0 Å². The van der Waals surface area contributed by atoms with Crippen molar-refractivity contribution in [1.82, 2.24) is 4.31 Å². The third-order valence-corrected chi connectivity index (χ3v) is 3.75. The highest BCUT2D eigenvalue weighted by atomic mass is 32.2. The molecule has 86 valence electrons. The smallest absolute Gasteiger partial charge is 0.242 e. The summed E-state index contributed by atoms with van der Waals surface area (Å²) in [4.78, 5) is 0.227. The fraction of sp³-hybridized carbons (Fsp3) is 0.273. The van der Waals surface area contributed by atoms with Crippen molar-refractivity contribution in [3.8, 4) is 18.1 Å². The molecular formula is C11H13NO3S. The summed E-state index contributed by atoms with van der Waals surface area (Å²) in [5.41, 5.74) is 0. The van der Waals surface area contributed by atoms with Gasteiger partial charge in [-0.05, 0) is 24.3 Å². The second-order valence-corrected chi connectivity index (χ2v) is 5.40. The number of nitrogens with zero attached hydrogens (tertiary/aromatic N) is 1. The van der Waals surface area contributed by atoms with E-state index in [-0.39, 0.29) is 11.5 Å². The van der Waals surface area contributed by atoms with Gasteiger partial charge in [-0.15, -0.1) is 6.42 Å². The molecule has 0 aliphatic heterocycles. The van der Waals surface area contributed by atoms with Crippen LogP contribution in [0.4, 0.5) is 0 Å². The summed E-state index contributed by atoms with van der Waals surface area (Å²) in [6, 6.07) is 6.13. The number of sulfonamides is 1. The number of rotatable bonds is 4. The quantitative estimate of drug-likeness (QED) is 0.735. The minimum absolute atomic E-state index is 0.166. The number of terminal acetylenes is 1. The monoisotopic (exact) mass is 239 g/mol. The summed E-state index contributed by atoms with van der Waals surface area (Å²) in [5.74, 6) is 2.88. The van der Waals surface area contributed by atoms with E-state index < -0.39 is 10.0 Å². The van der Waals surface area contributed by atoms with Gasteiger partial charge in [0, 0.05) is 14.1 Å². The van der Waals surface area contributed by atoms with Crippen LogP contribution in [0.2, 0.25) is 0 Å². The van der Waals surface area contributed by atoms with Gasteiger partial charge in [0.1, 0.15) is 12.4 Å². The van der Waals surface area contributed by atoms with E-state index in [9.17, 15) is 8.42 Å². The van der Waals surface area contributed by atoms with Crippen LogP contribution in [0.25, 0.3) is 0 Å². The van der Waals surface area contributed by atoms with Crippen LogP contribution in [0.3, 0.4) is 0 Å². The second-order valence-electron chi connectivity index (χ2n) is 3.25. The van der Waals surface area contributed by atoms with Gasteiger partial charge in [-0.3, -0.25) is 0 Å². The predicted octanol–water partition coefficient (Wildman–Crippen LogP) is 0.949. The Morgan fingerprint density at radius 3 is 2.31 bits per heavy atom. The van der Waals surface area contributed by atoms with E-state index in [1.807, 2.05) is 0 Å². The van der Waals surface area contributed by atoms with E-state index >= 15 is 0 Å². The Morgan fingerprint density at radius 2 is 1.88 bits per heavy atom. The lowest BCUT2D eigenvalue weighted by Gasteiger charge is -2.11. The molecule has 0 spiro atoms. The van der Waals surface area contributed by atoms with Crippen molar-refractivity contribution < 1.29 is 13.2 Å². The Kier molecular flexibility index (Phi) is 3.93. The maximum atomic E-state index is 11.7. The zero-order chi connectivity index (χ0) is 12.2. The molecule has 1 aromatic rings. The molecule has 0 saturated carbocycles. The molecular weight excluding hydrogens is 226 g/mol. The van der Waals surface area contributed by atoms with Crippen LogP contribution in [0, 0.1) is 12.3 Å². The minimum Gasteiger partial charge on any atom is -0.481 e. The Balaban J connectivity index is 2.92. The Morgan fingerprint density at radius 1 is 1.31 bits per heavy atom. The maximum absolute atomic E-state index is 11.7. The molecule has 0 heterocycles. The Labute approximate surface area is 95.9 Å². The molecule has 0 aromatic heterocycles. The van der Waals surface area contributed by atoms with Gasteiger partial charge in [-0.25, -0.2) is 12.7 Å². The van der Waals surface area contributed by atoms with Crippen LogP contribution in [0.15, 0.2) is 29.2 Å². The molecule has 0 fully saturated rings. The first-order valence-corrected chi connectivity index (χ1v) is 6.01. The molecule has 0 radical (unpaired) electrons. The van der Waals surface area contributed by atoms with Crippen molar-refractivity contribution in [2.24, 2.45) is 0 Å². The molecule has 16 heavy (non-hydrogen) atoms. The van der Waals surface area contributed by atoms with Gasteiger partial charge in [0.05, 0.1) is 4.90 Å². The van der Waals surface area contributed by atoms with Crippen LogP contribution >= 0.6 is 0 Å². The van der Waals surface area contributed by atoms with Crippen LogP contribution in [0.1, 0.15) is 0 Å².